The second kappa shape index (κ2) is 14.8. The minimum absolute atomic E-state index is 0.0319. The maximum Gasteiger partial charge on any atom is 0.490 e. The van der Waals surface area contributed by atoms with Gasteiger partial charge in [-0.15, -0.1) is 0 Å². The molecule has 3 aromatic heterocycles. The molecule has 0 aliphatic carbocycles. The van der Waals surface area contributed by atoms with E-state index in [1.807, 2.05) is 16.9 Å². The molecule has 20 heteroatoms. The number of pyridine rings is 1. The molecule has 0 unspecified atom stereocenters. The lowest BCUT2D eigenvalue weighted by Gasteiger charge is -2.22. The number of hydrogen-bond acceptors (Lipinski definition) is 10. The van der Waals surface area contributed by atoms with E-state index in [-0.39, 0.29) is 10.6 Å². The number of benzene rings is 1. The standard InChI is InChI=1S/C23H26N6O3S.2C2HF3O2/c1-3-33(30,31)18-4-5-21-20(11-18)28-23(32-21)19-10-15(12-26-22(19)24-2)16-13-27-29(14-16)17-6-8-25-9-7-17;2*3-2(4,5)1(6)7/h4-5,10-14,17,25H,3,6-9H2,1-2H3,(H,24,26);2*(H,6,7). The smallest absolute Gasteiger partial charge is 0.475 e. The van der Waals surface area contributed by atoms with E-state index in [1.54, 1.807) is 38.4 Å². The SMILES string of the molecule is CCS(=O)(=O)c1ccc2oc(-c3cc(-c4cnn(C5CCNCC5)c4)cnc3NC)nc2c1.O=C(O)C(F)(F)F.O=C(O)C(F)(F)F. The van der Waals surface area contributed by atoms with Crippen LogP contribution in [0.25, 0.3) is 33.7 Å². The Morgan fingerprint density at radius 1 is 1.02 bits per heavy atom. The van der Waals surface area contributed by atoms with Crippen LogP contribution in [0.15, 0.2) is 52.2 Å². The average Bonchev–Trinajstić information content (AvgIpc) is 3.68. The lowest BCUT2D eigenvalue weighted by molar-refractivity contribution is -0.193. The number of piperidine rings is 1. The highest BCUT2D eigenvalue weighted by Gasteiger charge is 2.38. The minimum atomic E-state index is -5.08. The molecule has 4 aromatic rings. The first-order chi connectivity index (χ1) is 21.9. The maximum absolute atomic E-state index is 12.2. The summed E-state index contributed by atoms with van der Waals surface area (Å²) in [5.74, 6) is -4.48. The molecule has 1 fully saturated rings. The molecule has 47 heavy (non-hydrogen) atoms. The quantitative estimate of drug-likeness (QED) is 0.203. The van der Waals surface area contributed by atoms with Crippen molar-refractivity contribution < 1.29 is 59.0 Å². The number of aliphatic carboxylic acids is 2. The molecule has 1 saturated heterocycles. The van der Waals surface area contributed by atoms with Crippen molar-refractivity contribution in [3.63, 3.8) is 0 Å². The molecule has 0 radical (unpaired) electrons. The normalized spacial score (nSPS) is 14.0. The molecular weight excluding hydrogens is 666 g/mol. The molecule has 1 aliphatic heterocycles. The van der Waals surface area contributed by atoms with Gasteiger partial charge in [0.25, 0.3) is 0 Å². The molecule has 0 amide bonds. The Labute approximate surface area is 262 Å². The van der Waals surface area contributed by atoms with E-state index in [0.717, 1.165) is 37.1 Å². The number of anilines is 1. The highest BCUT2D eigenvalue weighted by molar-refractivity contribution is 7.91. The third-order valence-corrected chi connectivity index (χ3v) is 8.29. The fraction of sp³-hybridized carbons (Fsp3) is 0.370. The van der Waals surface area contributed by atoms with Crippen LogP contribution in [-0.4, -0.2) is 88.6 Å². The number of rotatable bonds is 6. The number of halogens is 6. The highest BCUT2D eigenvalue weighted by atomic mass is 32.2. The van der Waals surface area contributed by atoms with E-state index in [1.165, 1.54) is 0 Å². The number of aromatic nitrogens is 4. The number of oxazole rings is 1. The van der Waals surface area contributed by atoms with Crippen molar-refractivity contribution in [3.8, 4) is 22.6 Å². The van der Waals surface area contributed by atoms with Crippen molar-refractivity contribution in [2.24, 2.45) is 0 Å². The van der Waals surface area contributed by atoms with Crippen LogP contribution in [0.5, 0.6) is 0 Å². The summed E-state index contributed by atoms with van der Waals surface area (Å²) in [4.78, 5) is 27.2. The molecule has 256 valence electrons. The highest BCUT2D eigenvalue weighted by Crippen LogP contribution is 2.33. The fourth-order valence-electron chi connectivity index (χ4n) is 4.13. The predicted octanol–water partition coefficient (Wildman–Crippen LogP) is 4.78. The van der Waals surface area contributed by atoms with Gasteiger partial charge in [-0.1, -0.05) is 6.92 Å². The Bertz CT molecular complexity index is 1790. The van der Waals surface area contributed by atoms with E-state index >= 15 is 0 Å². The van der Waals surface area contributed by atoms with Crippen molar-refractivity contribution in [1.82, 2.24) is 25.1 Å². The van der Waals surface area contributed by atoms with Crippen LogP contribution < -0.4 is 10.6 Å². The fourth-order valence-corrected chi connectivity index (χ4v) is 5.03. The van der Waals surface area contributed by atoms with Gasteiger partial charge < -0.3 is 25.3 Å². The number of nitrogens with zero attached hydrogens (tertiary/aromatic N) is 4. The minimum Gasteiger partial charge on any atom is -0.475 e. The summed E-state index contributed by atoms with van der Waals surface area (Å²) in [5, 5.41) is 25.3. The first kappa shape index (κ1) is 36.7. The molecule has 4 N–H and O–H groups in total. The van der Waals surface area contributed by atoms with Crippen LogP contribution in [0.3, 0.4) is 0 Å². The summed E-state index contributed by atoms with van der Waals surface area (Å²) in [7, 11) is -1.54. The number of fused-ring (bicyclic) bond motifs is 1. The van der Waals surface area contributed by atoms with Crippen LogP contribution >= 0.6 is 0 Å². The van der Waals surface area contributed by atoms with Crippen LogP contribution in [0.1, 0.15) is 25.8 Å². The number of hydrogen-bond donors (Lipinski definition) is 4. The third kappa shape index (κ3) is 9.64. The summed E-state index contributed by atoms with van der Waals surface area (Å²) in [5.41, 5.74) is 3.58. The van der Waals surface area contributed by atoms with Crippen molar-refractivity contribution in [2.45, 2.75) is 43.1 Å². The number of carboxylic acid groups (broad SMARTS) is 2. The monoisotopic (exact) mass is 694 g/mol. The molecule has 1 aliphatic rings. The number of carboxylic acids is 2. The zero-order valence-electron chi connectivity index (χ0n) is 24.6. The van der Waals surface area contributed by atoms with Crippen molar-refractivity contribution in [1.29, 1.82) is 0 Å². The van der Waals surface area contributed by atoms with Gasteiger partial charge in [0.1, 0.15) is 11.3 Å². The van der Waals surface area contributed by atoms with Gasteiger partial charge in [-0.2, -0.15) is 31.4 Å². The lowest BCUT2D eigenvalue weighted by Crippen LogP contribution is -2.29. The van der Waals surface area contributed by atoms with Crippen molar-refractivity contribution in [3.05, 3.63) is 42.9 Å². The largest absolute Gasteiger partial charge is 0.490 e. The summed E-state index contributed by atoms with van der Waals surface area (Å²) in [6, 6.07) is 7.12. The lowest BCUT2D eigenvalue weighted by atomic mass is 10.1. The van der Waals surface area contributed by atoms with Gasteiger partial charge in [0, 0.05) is 30.6 Å². The number of sulfone groups is 1. The molecule has 0 bridgehead atoms. The van der Waals surface area contributed by atoms with Gasteiger partial charge in [0.05, 0.1) is 28.5 Å². The summed E-state index contributed by atoms with van der Waals surface area (Å²) < 4.78 is 96.0. The molecule has 4 heterocycles. The molecule has 1 aromatic carbocycles. The van der Waals surface area contributed by atoms with Crippen LogP contribution in [0.2, 0.25) is 0 Å². The Kier molecular flexibility index (Phi) is 11.6. The van der Waals surface area contributed by atoms with Crippen molar-refractivity contribution in [2.75, 3.05) is 31.2 Å². The maximum atomic E-state index is 12.2. The number of alkyl halides is 6. The predicted molar refractivity (Wildman–Crippen MR) is 154 cm³/mol. The second-order valence-electron chi connectivity index (χ2n) is 9.72. The number of nitrogens with one attached hydrogen (secondary N) is 2. The summed E-state index contributed by atoms with van der Waals surface area (Å²) in [6.07, 6.45) is -2.34. The molecule has 0 spiro atoms. The van der Waals surface area contributed by atoms with Crippen LogP contribution in [0, 0.1) is 0 Å². The second-order valence-corrected chi connectivity index (χ2v) is 12.0. The van der Waals surface area contributed by atoms with Gasteiger partial charge in [0.2, 0.25) is 5.89 Å². The van der Waals surface area contributed by atoms with E-state index < -0.39 is 34.1 Å². The summed E-state index contributed by atoms with van der Waals surface area (Å²) >= 11 is 0. The topological polar surface area (TPSA) is 190 Å². The molecule has 13 nitrogen and oxygen atoms in total. The molecule has 0 atom stereocenters. The Morgan fingerprint density at radius 3 is 2.15 bits per heavy atom. The van der Waals surface area contributed by atoms with Crippen LogP contribution in [-0.2, 0) is 19.4 Å². The van der Waals surface area contributed by atoms with Gasteiger partial charge in [0.15, 0.2) is 15.4 Å². The van der Waals surface area contributed by atoms with Gasteiger partial charge in [-0.3, -0.25) is 4.68 Å². The van der Waals surface area contributed by atoms with E-state index in [9.17, 15) is 34.8 Å². The Balaban J connectivity index is 0.000000360. The third-order valence-electron chi connectivity index (χ3n) is 6.56. The van der Waals surface area contributed by atoms with Crippen molar-refractivity contribution >= 4 is 38.7 Å². The van der Waals surface area contributed by atoms with Gasteiger partial charge >= 0.3 is 24.3 Å². The van der Waals surface area contributed by atoms with Gasteiger partial charge in [-0.05, 0) is 50.2 Å². The summed E-state index contributed by atoms with van der Waals surface area (Å²) in [6.45, 7) is 3.63. The first-order valence-electron chi connectivity index (χ1n) is 13.5. The average molecular weight is 695 g/mol. The molecular formula is C27H28F6N6O7S. The first-order valence-corrected chi connectivity index (χ1v) is 15.2. The molecule has 0 saturated carbocycles. The van der Waals surface area contributed by atoms with Gasteiger partial charge in [-0.25, -0.2) is 28.0 Å². The van der Waals surface area contributed by atoms with E-state index in [0.29, 0.717) is 34.4 Å². The van der Waals surface area contributed by atoms with Crippen LogP contribution in [0.4, 0.5) is 32.2 Å². The number of carbonyl (C=O) groups is 2. The Morgan fingerprint density at radius 2 is 1.62 bits per heavy atom. The zero-order valence-corrected chi connectivity index (χ0v) is 25.4. The van der Waals surface area contributed by atoms with E-state index in [4.69, 9.17) is 24.2 Å². The zero-order chi connectivity index (χ0) is 35.2. The van der Waals surface area contributed by atoms with E-state index in [2.05, 4.69) is 31.9 Å². The Hall–Kier alpha value is -4.72. The molecule has 5 rings (SSSR count).